The lowest BCUT2D eigenvalue weighted by molar-refractivity contribution is 0.341. The summed E-state index contributed by atoms with van der Waals surface area (Å²) in [6.45, 7) is 0.779. The van der Waals surface area contributed by atoms with E-state index in [0.717, 1.165) is 42.3 Å². The van der Waals surface area contributed by atoms with Crippen molar-refractivity contribution in [2.45, 2.75) is 44.3 Å². The summed E-state index contributed by atoms with van der Waals surface area (Å²) < 4.78 is 13.8. The van der Waals surface area contributed by atoms with Crippen LogP contribution in [0.5, 0.6) is 0 Å². The molecule has 0 amide bonds. The number of hydrogen-bond acceptors (Lipinski definition) is 2. The number of nitrogens with one attached hydrogen (secondary N) is 1. The Balaban J connectivity index is 1.85. The molecule has 0 bridgehead atoms. The van der Waals surface area contributed by atoms with Crippen LogP contribution in [0, 0.1) is 5.82 Å². The highest BCUT2D eigenvalue weighted by molar-refractivity contribution is 9.10. The minimum absolute atomic E-state index is 0.204. The molecule has 3 N–H and O–H groups in total. The van der Waals surface area contributed by atoms with E-state index in [2.05, 4.69) is 21.2 Å². The Hall–Kier alpha value is -0.450. The molecular formula is C13H18BrFN2. The topological polar surface area (TPSA) is 38.0 Å². The maximum Gasteiger partial charge on any atom is 0.124 e. The van der Waals surface area contributed by atoms with Gasteiger partial charge in [0.05, 0.1) is 0 Å². The lowest BCUT2D eigenvalue weighted by Gasteiger charge is -2.27. The largest absolute Gasteiger partial charge is 0.328 e. The third-order valence-corrected chi connectivity index (χ3v) is 4.11. The predicted molar refractivity (Wildman–Crippen MR) is 71.2 cm³/mol. The van der Waals surface area contributed by atoms with Crippen LogP contribution >= 0.6 is 15.9 Å². The summed E-state index contributed by atoms with van der Waals surface area (Å²) in [6, 6.07) is 5.75. The van der Waals surface area contributed by atoms with Gasteiger partial charge in [0.1, 0.15) is 5.82 Å². The molecule has 0 radical (unpaired) electrons. The second-order valence-electron chi connectivity index (χ2n) is 4.73. The maximum absolute atomic E-state index is 12.9. The maximum atomic E-state index is 12.9. The summed E-state index contributed by atoms with van der Waals surface area (Å²) in [5.74, 6) is -0.204. The van der Waals surface area contributed by atoms with Crippen LogP contribution in [0.15, 0.2) is 22.7 Å². The fourth-order valence-electron chi connectivity index (χ4n) is 2.24. The second kappa shape index (κ2) is 5.94. The fourth-order valence-corrected chi connectivity index (χ4v) is 2.73. The molecule has 1 aromatic rings. The highest BCUT2D eigenvalue weighted by Gasteiger charge is 2.17. The van der Waals surface area contributed by atoms with Crippen molar-refractivity contribution >= 4 is 15.9 Å². The SMILES string of the molecule is NC1CCC(NCc2ccc(F)cc2Br)CC1. The van der Waals surface area contributed by atoms with Gasteiger partial charge in [-0.1, -0.05) is 22.0 Å². The van der Waals surface area contributed by atoms with Gasteiger partial charge < -0.3 is 11.1 Å². The molecule has 94 valence electrons. The van der Waals surface area contributed by atoms with Gasteiger partial charge in [0.2, 0.25) is 0 Å². The highest BCUT2D eigenvalue weighted by atomic mass is 79.9. The number of rotatable bonds is 3. The molecular weight excluding hydrogens is 283 g/mol. The van der Waals surface area contributed by atoms with Crippen LogP contribution in [0.1, 0.15) is 31.2 Å². The van der Waals surface area contributed by atoms with Crippen LogP contribution in [0.25, 0.3) is 0 Å². The molecule has 0 saturated heterocycles. The molecule has 0 unspecified atom stereocenters. The van der Waals surface area contributed by atoms with E-state index in [1.807, 2.05) is 6.07 Å². The van der Waals surface area contributed by atoms with E-state index >= 15 is 0 Å². The van der Waals surface area contributed by atoms with Crippen LogP contribution in [0.2, 0.25) is 0 Å². The van der Waals surface area contributed by atoms with Crippen molar-refractivity contribution in [3.8, 4) is 0 Å². The van der Waals surface area contributed by atoms with Crippen LogP contribution in [-0.4, -0.2) is 12.1 Å². The van der Waals surface area contributed by atoms with E-state index in [9.17, 15) is 4.39 Å². The Morgan fingerprint density at radius 3 is 2.65 bits per heavy atom. The van der Waals surface area contributed by atoms with Gasteiger partial charge in [-0.2, -0.15) is 0 Å². The first kappa shape index (κ1) is 13.0. The molecule has 0 atom stereocenters. The average Bonchev–Trinajstić information content (AvgIpc) is 2.30. The first-order valence-corrected chi connectivity index (χ1v) is 6.87. The summed E-state index contributed by atoms with van der Waals surface area (Å²) in [7, 11) is 0. The predicted octanol–water partition coefficient (Wildman–Crippen LogP) is 2.95. The Morgan fingerprint density at radius 2 is 2.00 bits per heavy atom. The molecule has 0 aliphatic heterocycles. The zero-order chi connectivity index (χ0) is 12.3. The molecule has 0 spiro atoms. The normalized spacial score (nSPS) is 24.9. The van der Waals surface area contributed by atoms with Crippen molar-refractivity contribution in [1.29, 1.82) is 0 Å². The summed E-state index contributed by atoms with van der Waals surface area (Å²) in [6.07, 6.45) is 4.48. The molecule has 4 heteroatoms. The van der Waals surface area contributed by atoms with Crippen molar-refractivity contribution in [1.82, 2.24) is 5.32 Å². The minimum Gasteiger partial charge on any atom is -0.328 e. The molecule has 2 rings (SSSR count). The van der Waals surface area contributed by atoms with Gasteiger partial charge in [-0.05, 0) is 43.4 Å². The first-order valence-electron chi connectivity index (χ1n) is 6.08. The van der Waals surface area contributed by atoms with Gasteiger partial charge in [-0.3, -0.25) is 0 Å². The van der Waals surface area contributed by atoms with E-state index in [0.29, 0.717) is 12.1 Å². The standard InChI is InChI=1S/C13H18BrFN2/c14-13-7-10(15)2-1-9(13)8-17-12-5-3-11(16)4-6-12/h1-2,7,11-12,17H,3-6,8,16H2. The Morgan fingerprint density at radius 1 is 1.29 bits per heavy atom. The van der Waals surface area contributed by atoms with Crippen LogP contribution < -0.4 is 11.1 Å². The van der Waals surface area contributed by atoms with Crippen molar-refractivity contribution in [3.63, 3.8) is 0 Å². The van der Waals surface area contributed by atoms with Crippen LogP contribution in [0.3, 0.4) is 0 Å². The molecule has 1 aromatic carbocycles. The number of benzene rings is 1. The summed E-state index contributed by atoms with van der Waals surface area (Å²) in [4.78, 5) is 0. The van der Waals surface area contributed by atoms with Crippen molar-refractivity contribution < 1.29 is 4.39 Å². The molecule has 1 fully saturated rings. The molecule has 17 heavy (non-hydrogen) atoms. The quantitative estimate of drug-likeness (QED) is 0.901. The minimum atomic E-state index is -0.204. The van der Waals surface area contributed by atoms with Crippen molar-refractivity contribution in [2.75, 3.05) is 0 Å². The van der Waals surface area contributed by atoms with E-state index in [1.54, 1.807) is 0 Å². The first-order chi connectivity index (χ1) is 8.15. The van der Waals surface area contributed by atoms with Gasteiger partial charge in [0.25, 0.3) is 0 Å². The van der Waals surface area contributed by atoms with E-state index < -0.39 is 0 Å². The summed E-state index contributed by atoms with van der Waals surface area (Å²) in [5.41, 5.74) is 6.97. The van der Waals surface area contributed by atoms with Crippen LogP contribution in [-0.2, 0) is 6.54 Å². The lowest BCUT2D eigenvalue weighted by atomic mass is 9.92. The zero-order valence-electron chi connectivity index (χ0n) is 9.76. The Labute approximate surface area is 110 Å². The van der Waals surface area contributed by atoms with Gasteiger partial charge in [-0.15, -0.1) is 0 Å². The fraction of sp³-hybridized carbons (Fsp3) is 0.538. The van der Waals surface area contributed by atoms with E-state index in [-0.39, 0.29) is 5.82 Å². The van der Waals surface area contributed by atoms with E-state index in [1.165, 1.54) is 12.1 Å². The number of halogens is 2. The third-order valence-electron chi connectivity index (χ3n) is 3.37. The molecule has 1 aliphatic carbocycles. The van der Waals surface area contributed by atoms with E-state index in [4.69, 9.17) is 5.73 Å². The van der Waals surface area contributed by atoms with Gasteiger partial charge in [0, 0.05) is 23.1 Å². The monoisotopic (exact) mass is 300 g/mol. The van der Waals surface area contributed by atoms with Crippen molar-refractivity contribution in [2.24, 2.45) is 5.73 Å². The number of hydrogen-bond donors (Lipinski definition) is 2. The molecule has 0 heterocycles. The van der Waals surface area contributed by atoms with Crippen LogP contribution in [0.4, 0.5) is 4.39 Å². The second-order valence-corrected chi connectivity index (χ2v) is 5.58. The van der Waals surface area contributed by atoms with Gasteiger partial charge >= 0.3 is 0 Å². The van der Waals surface area contributed by atoms with Gasteiger partial charge in [0.15, 0.2) is 0 Å². The Kier molecular flexibility index (Phi) is 4.54. The molecule has 1 aliphatic rings. The lowest BCUT2D eigenvalue weighted by Crippen LogP contribution is -2.37. The van der Waals surface area contributed by atoms with Crippen molar-refractivity contribution in [3.05, 3.63) is 34.1 Å². The highest BCUT2D eigenvalue weighted by Crippen LogP contribution is 2.20. The number of nitrogens with two attached hydrogens (primary N) is 1. The smallest absolute Gasteiger partial charge is 0.124 e. The molecule has 1 saturated carbocycles. The summed E-state index contributed by atoms with van der Waals surface area (Å²) in [5, 5.41) is 3.51. The molecule has 0 aromatic heterocycles. The third kappa shape index (κ3) is 3.76. The zero-order valence-corrected chi connectivity index (χ0v) is 11.3. The average molecular weight is 301 g/mol. The van der Waals surface area contributed by atoms with Gasteiger partial charge in [-0.25, -0.2) is 4.39 Å². The summed E-state index contributed by atoms with van der Waals surface area (Å²) >= 11 is 3.38. The molecule has 2 nitrogen and oxygen atoms in total. The Bertz CT molecular complexity index is 376.